The third-order valence-electron chi connectivity index (χ3n) is 1.59. The SMILES string of the molecule is N#CCC[n+]1ccn(CCO)c1. The fraction of sp³-hybridized carbons (Fsp3) is 0.500. The van der Waals surface area contributed by atoms with Gasteiger partial charge in [0, 0.05) is 0 Å². The summed E-state index contributed by atoms with van der Waals surface area (Å²) in [5.74, 6) is 0. The molecule has 0 aliphatic rings. The van der Waals surface area contributed by atoms with Crippen LogP contribution in [0, 0.1) is 11.3 Å². The van der Waals surface area contributed by atoms with Crippen molar-refractivity contribution in [3.05, 3.63) is 18.7 Å². The Morgan fingerprint density at radius 2 is 2.42 bits per heavy atom. The van der Waals surface area contributed by atoms with Crippen molar-refractivity contribution in [3.8, 4) is 6.07 Å². The van der Waals surface area contributed by atoms with Crippen molar-refractivity contribution in [3.63, 3.8) is 0 Å². The average molecular weight is 166 g/mol. The van der Waals surface area contributed by atoms with Crippen LogP contribution in [-0.4, -0.2) is 16.3 Å². The van der Waals surface area contributed by atoms with Gasteiger partial charge >= 0.3 is 0 Å². The van der Waals surface area contributed by atoms with Crippen LogP contribution in [0.1, 0.15) is 6.42 Å². The fourth-order valence-electron chi connectivity index (χ4n) is 0.998. The third kappa shape index (κ3) is 2.36. The average Bonchev–Trinajstić information content (AvgIpc) is 2.50. The van der Waals surface area contributed by atoms with Gasteiger partial charge in [0.2, 0.25) is 6.33 Å². The molecular weight excluding hydrogens is 154 g/mol. The van der Waals surface area contributed by atoms with E-state index in [2.05, 4.69) is 6.07 Å². The number of nitrogens with zero attached hydrogens (tertiary/aromatic N) is 3. The number of aliphatic hydroxyl groups excluding tert-OH is 1. The maximum atomic E-state index is 8.62. The van der Waals surface area contributed by atoms with Crippen LogP contribution in [0.3, 0.4) is 0 Å². The van der Waals surface area contributed by atoms with Gasteiger partial charge in [-0.25, -0.2) is 9.13 Å². The summed E-state index contributed by atoms with van der Waals surface area (Å²) in [5.41, 5.74) is 0. The molecule has 0 atom stereocenters. The van der Waals surface area contributed by atoms with Gasteiger partial charge in [0.05, 0.1) is 19.1 Å². The van der Waals surface area contributed by atoms with E-state index in [0.29, 0.717) is 13.0 Å². The minimum Gasteiger partial charge on any atom is -0.392 e. The van der Waals surface area contributed by atoms with Gasteiger partial charge in [0.15, 0.2) is 0 Å². The number of imidazole rings is 1. The lowest BCUT2D eigenvalue weighted by molar-refractivity contribution is -0.695. The Kier molecular flexibility index (Phi) is 3.30. The van der Waals surface area contributed by atoms with E-state index in [9.17, 15) is 0 Å². The van der Waals surface area contributed by atoms with E-state index >= 15 is 0 Å². The van der Waals surface area contributed by atoms with Gasteiger partial charge < -0.3 is 5.11 Å². The molecule has 1 heterocycles. The summed E-state index contributed by atoms with van der Waals surface area (Å²) in [6, 6.07) is 2.08. The summed E-state index contributed by atoms with van der Waals surface area (Å²) in [6.45, 7) is 1.47. The van der Waals surface area contributed by atoms with E-state index in [-0.39, 0.29) is 6.61 Å². The Balaban J connectivity index is 2.47. The molecule has 4 heteroatoms. The van der Waals surface area contributed by atoms with Gasteiger partial charge in [-0.05, 0) is 0 Å². The summed E-state index contributed by atoms with van der Waals surface area (Å²) in [5, 5.41) is 17.0. The lowest BCUT2D eigenvalue weighted by Crippen LogP contribution is -2.30. The Hall–Kier alpha value is -1.34. The van der Waals surface area contributed by atoms with Crippen LogP contribution in [0.15, 0.2) is 18.7 Å². The number of nitriles is 1. The van der Waals surface area contributed by atoms with E-state index in [4.69, 9.17) is 10.4 Å². The molecule has 0 saturated carbocycles. The van der Waals surface area contributed by atoms with E-state index in [1.54, 1.807) is 0 Å². The normalized spacial score (nSPS) is 9.67. The molecule has 1 N–H and O–H groups in total. The molecule has 0 aliphatic heterocycles. The van der Waals surface area contributed by atoms with Gasteiger partial charge in [0.1, 0.15) is 25.5 Å². The summed E-state index contributed by atoms with van der Waals surface area (Å²) in [7, 11) is 0. The standard InChI is InChI=1S/C8H12N3O/c9-2-1-3-10-4-5-11(8-10)6-7-12/h4-5,8,12H,1,3,6-7H2/q+1. The number of hydrogen-bond acceptors (Lipinski definition) is 2. The molecule has 0 aromatic carbocycles. The van der Waals surface area contributed by atoms with Crippen molar-refractivity contribution >= 4 is 0 Å². The van der Waals surface area contributed by atoms with Crippen LogP contribution < -0.4 is 4.57 Å². The zero-order valence-electron chi connectivity index (χ0n) is 6.85. The Morgan fingerprint density at radius 1 is 1.58 bits per heavy atom. The fourth-order valence-corrected chi connectivity index (χ4v) is 0.998. The zero-order valence-corrected chi connectivity index (χ0v) is 6.85. The van der Waals surface area contributed by atoms with Gasteiger partial charge in [-0.2, -0.15) is 5.26 Å². The second-order valence-electron chi connectivity index (χ2n) is 2.52. The van der Waals surface area contributed by atoms with E-state index in [1.165, 1.54) is 0 Å². The number of rotatable bonds is 4. The molecule has 0 radical (unpaired) electrons. The second kappa shape index (κ2) is 4.52. The molecule has 0 saturated heterocycles. The lowest BCUT2D eigenvalue weighted by atomic mass is 10.5. The first kappa shape index (κ1) is 8.75. The number of aliphatic hydroxyl groups is 1. The van der Waals surface area contributed by atoms with Crippen LogP contribution in [0.4, 0.5) is 0 Å². The molecule has 4 nitrogen and oxygen atoms in total. The van der Waals surface area contributed by atoms with E-state index in [1.807, 2.05) is 27.9 Å². The van der Waals surface area contributed by atoms with Crippen LogP contribution in [0.25, 0.3) is 0 Å². The Bertz CT molecular complexity index is 274. The highest BCUT2D eigenvalue weighted by atomic mass is 16.3. The maximum Gasteiger partial charge on any atom is 0.243 e. The zero-order chi connectivity index (χ0) is 8.81. The first-order valence-corrected chi connectivity index (χ1v) is 3.89. The highest BCUT2D eigenvalue weighted by Gasteiger charge is 2.01. The van der Waals surface area contributed by atoms with Crippen molar-refractivity contribution in [2.45, 2.75) is 19.5 Å². The molecule has 0 fully saturated rings. The van der Waals surface area contributed by atoms with Crippen LogP contribution in [0.5, 0.6) is 0 Å². The summed E-state index contributed by atoms with van der Waals surface area (Å²) in [6.07, 6.45) is 6.18. The van der Waals surface area contributed by atoms with Gasteiger partial charge in [-0.3, -0.25) is 0 Å². The molecule has 1 aromatic rings. The first-order chi connectivity index (χ1) is 5.86. The topological polar surface area (TPSA) is 52.8 Å². The molecule has 0 unspecified atom stereocenters. The van der Waals surface area contributed by atoms with Crippen molar-refractivity contribution < 1.29 is 9.67 Å². The molecule has 64 valence electrons. The predicted octanol–water partition coefficient (Wildman–Crippen LogP) is -0.318. The van der Waals surface area contributed by atoms with Crippen LogP contribution in [-0.2, 0) is 13.1 Å². The maximum absolute atomic E-state index is 8.62. The van der Waals surface area contributed by atoms with Crippen molar-refractivity contribution in [1.29, 1.82) is 5.26 Å². The summed E-state index contributed by atoms with van der Waals surface area (Å²) in [4.78, 5) is 0. The highest BCUT2D eigenvalue weighted by molar-refractivity contribution is 4.68. The van der Waals surface area contributed by atoms with Crippen LogP contribution in [0.2, 0.25) is 0 Å². The smallest absolute Gasteiger partial charge is 0.243 e. The quantitative estimate of drug-likeness (QED) is 0.623. The monoisotopic (exact) mass is 166 g/mol. The van der Waals surface area contributed by atoms with Crippen molar-refractivity contribution in [1.82, 2.24) is 4.57 Å². The molecule has 1 rings (SSSR count). The third-order valence-corrected chi connectivity index (χ3v) is 1.59. The minimum absolute atomic E-state index is 0.146. The van der Waals surface area contributed by atoms with Gasteiger partial charge in [0.25, 0.3) is 0 Å². The Labute approximate surface area is 71.3 Å². The number of aromatic nitrogens is 2. The number of aryl methyl sites for hydroxylation is 1. The molecule has 0 aliphatic carbocycles. The van der Waals surface area contributed by atoms with E-state index < -0.39 is 0 Å². The Morgan fingerprint density at radius 3 is 3.08 bits per heavy atom. The summed E-state index contributed by atoms with van der Waals surface area (Å²) >= 11 is 0. The molecule has 0 bridgehead atoms. The van der Waals surface area contributed by atoms with Crippen molar-refractivity contribution in [2.75, 3.05) is 6.61 Å². The van der Waals surface area contributed by atoms with E-state index in [0.717, 1.165) is 6.54 Å². The number of hydrogen-bond donors (Lipinski definition) is 1. The molecule has 0 amide bonds. The minimum atomic E-state index is 0.146. The van der Waals surface area contributed by atoms with Gasteiger partial charge in [-0.15, -0.1) is 0 Å². The molecule has 1 aromatic heterocycles. The lowest BCUT2D eigenvalue weighted by Gasteiger charge is -1.89. The largest absolute Gasteiger partial charge is 0.392 e. The molecule has 0 spiro atoms. The van der Waals surface area contributed by atoms with Crippen LogP contribution >= 0.6 is 0 Å². The molecule has 12 heavy (non-hydrogen) atoms. The molecular formula is C8H12N3O+. The first-order valence-electron chi connectivity index (χ1n) is 3.89. The second-order valence-corrected chi connectivity index (χ2v) is 2.52. The predicted molar refractivity (Wildman–Crippen MR) is 41.9 cm³/mol. The van der Waals surface area contributed by atoms with Crippen molar-refractivity contribution in [2.24, 2.45) is 0 Å². The summed E-state index contributed by atoms with van der Waals surface area (Å²) < 4.78 is 3.82. The highest BCUT2D eigenvalue weighted by Crippen LogP contribution is 1.84. The van der Waals surface area contributed by atoms with Gasteiger partial charge in [-0.1, -0.05) is 0 Å².